The Kier molecular flexibility index (Phi) is 4.10. The van der Waals surface area contributed by atoms with Crippen molar-refractivity contribution < 1.29 is 0 Å². The maximum Gasteiger partial charge on any atom is 0.0860 e. The van der Waals surface area contributed by atoms with E-state index in [0.29, 0.717) is 6.04 Å². The fraction of sp³-hybridized carbons (Fsp3) is 0.769. The van der Waals surface area contributed by atoms with Crippen molar-refractivity contribution in [1.82, 2.24) is 15.1 Å². The minimum atomic E-state index is 0.644. The van der Waals surface area contributed by atoms with E-state index in [1.165, 1.54) is 25.7 Å². The Morgan fingerprint density at radius 2 is 2.24 bits per heavy atom. The van der Waals surface area contributed by atoms with E-state index in [2.05, 4.69) is 17.3 Å². The Morgan fingerprint density at radius 1 is 1.47 bits per heavy atom. The molecule has 0 saturated heterocycles. The topological polar surface area (TPSA) is 29.9 Å². The third kappa shape index (κ3) is 3.02. The second kappa shape index (κ2) is 5.40. The van der Waals surface area contributed by atoms with Gasteiger partial charge in [-0.2, -0.15) is 5.10 Å². The van der Waals surface area contributed by atoms with Crippen molar-refractivity contribution in [2.75, 3.05) is 0 Å². The van der Waals surface area contributed by atoms with Gasteiger partial charge in [-0.05, 0) is 25.7 Å². The van der Waals surface area contributed by atoms with Crippen LogP contribution in [0.15, 0.2) is 0 Å². The zero-order chi connectivity index (χ0) is 12.4. The van der Waals surface area contributed by atoms with Gasteiger partial charge in [-0.3, -0.25) is 4.68 Å². The van der Waals surface area contributed by atoms with Gasteiger partial charge in [-0.1, -0.05) is 31.4 Å². The summed E-state index contributed by atoms with van der Waals surface area (Å²) in [5.74, 6) is 0.852. The average molecular weight is 256 g/mol. The smallest absolute Gasteiger partial charge is 0.0860 e. The predicted molar refractivity (Wildman–Crippen MR) is 71.2 cm³/mol. The van der Waals surface area contributed by atoms with Crippen molar-refractivity contribution in [2.24, 2.45) is 13.0 Å². The molecule has 1 aromatic rings. The molecule has 96 valence electrons. The Balaban J connectivity index is 1.93. The summed E-state index contributed by atoms with van der Waals surface area (Å²) in [6, 6.07) is 0.644. The molecule has 1 aliphatic carbocycles. The molecule has 1 fully saturated rings. The van der Waals surface area contributed by atoms with Crippen LogP contribution in [0.2, 0.25) is 5.02 Å². The normalized spacial score (nSPS) is 25.2. The Bertz CT molecular complexity index is 386. The van der Waals surface area contributed by atoms with Crippen LogP contribution in [0.25, 0.3) is 0 Å². The molecule has 1 aromatic heterocycles. The van der Waals surface area contributed by atoms with Gasteiger partial charge in [0.2, 0.25) is 0 Å². The molecule has 2 atom stereocenters. The van der Waals surface area contributed by atoms with Crippen LogP contribution in [0.5, 0.6) is 0 Å². The van der Waals surface area contributed by atoms with E-state index in [0.717, 1.165) is 28.9 Å². The van der Waals surface area contributed by atoms with Crippen molar-refractivity contribution in [1.29, 1.82) is 0 Å². The standard InChI is InChI=1S/C13H22ClN3/c1-9-5-4-6-11(7-9)15-8-12-13(14)10(2)16-17(12)3/h9,11,15H,4-8H2,1-3H3. The molecule has 1 heterocycles. The third-order valence-electron chi connectivity index (χ3n) is 3.76. The van der Waals surface area contributed by atoms with Crippen molar-refractivity contribution in [2.45, 2.75) is 52.1 Å². The van der Waals surface area contributed by atoms with E-state index < -0.39 is 0 Å². The molecule has 3 nitrogen and oxygen atoms in total. The van der Waals surface area contributed by atoms with E-state index in [4.69, 9.17) is 11.6 Å². The Hall–Kier alpha value is -0.540. The van der Waals surface area contributed by atoms with E-state index in [-0.39, 0.29) is 0 Å². The predicted octanol–water partition coefficient (Wildman–Crippen LogP) is 3.05. The Labute approximate surface area is 109 Å². The van der Waals surface area contributed by atoms with E-state index in [9.17, 15) is 0 Å². The highest BCUT2D eigenvalue weighted by molar-refractivity contribution is 6.31. The summed E-state index contributed by atoms with van der Waals surface area (Å²) >= 11 is 6.24. The lowest BCUT2D eigenvalue weighted by Gasteiger charge is -2.27. The van der Waals surface area contributed by atoms with Gasteiger partial charge in [0.15, 0.2) is 0 Å². The van der Waals surface area contributed by atoms with E-state index in [1.54, 1.807) is 0 Å². The molecule has 4 heteroatoms. The average Bonchev–Trinajstić information content (AvgIpc) is 2.51. The number of nitrogens with zero attached hydrogens (tertiary/aromatic N) is 2. The molecule has 2 rings (SSSR count). The summed E-state index contributed by atoms with van der Waals surface area (Å²) in [6.07, 6.45) is 5.30. The molecule has 1 aliphatic rings. The molecule has 1 saturated carbocycles. The molecular formula is C13H22ClN3. The van der Waals surface area contributed by atoms with Crippen LogP contribution in [0.1, 0.15) is 44.0 Å². The number of nitrogens with one attached hydrogen (secondary N) is 1. The highest BCUT2D eigenvalue weighted by atomic mass is 35.5. The van der Waals surface area contributed by atoms with Crippen LogP contribution in [0, 0.1) is 12.8 Å². The number of hydrogen-bond donors (Lipinski definition) is 1. The monoisotopic (exact) mass is 255 g/mol. The van der Waals surface area contributed by atoms with Gasteiger partial charge in [0.1, 0.15) is 0 Å². The third-order valence-corrected chi connectivity index (χ3v) is 4.25. The molecule has 0 bridgehead atoms. The maximum absolute atomic E-state index is 6.24. The van der Waals surface area contributed by atoms with Crippen LogP contribution in [-0.2, 0) is 13.6 Å². The lowest BCUT2D eigenvalue weighted by Crippen LogP contribution is -2.33. The molecule has 2 unspecified atom stereocenters. The zero-order valence-electron chi connectivity index (χ0n) is 11.0. The SMILES string of the molecule is Cc1nn(C)c(CNC2CCCC(C)C2)c1Cl. The summed E-state index contributed by atoms with van der Waals surface area (Å²) in [7, 11) is 1.96. The highest BCUT2D eigenvalue weighted by Gasteiger charge is 2.19. The summed E-state index contributed by atoms with van der Waals surface area (Å²) < 4.78 is 1.89. The first kappa shape index (κ1) is 12.9. The van der Waals surface area contributed by atoms with Crippen molar-refractivity contribution in [3.05, 3.63) is 16.4 Å². The molecule has 17 heavy (non-hydrogen) atoms. The van der Waals surface area contributed by atoms with Gasteiger partial charge in [0, 0.05) is 19.6 Å². The number of aromatic nitrogens is 2. The summed E-state index contributed by atoms with van der Waals surface area (Å²) in [6.45, 7) is 5.12. The second-order valence-electron chi connectivity index (χ2n) is 5.32. The lowest BCUT2D eigenvalue weighted by atomic mass is 9.87. The van der Waals surface area contributed by atoms with Gasteiger partial charge in [-0.15, -0.1) is 0 Å². The number of rotatable bonds is 3. The van der Waals surface area contributed by atoms with Crippen LogP contribution in [0.4, 0.5) is 0 Å². The van der Waals surface area contributed by atoms with Crippen LogP contribution in [-0.4, -0.2) is 15.8 Å². The van der Waals surface area contributed by atoms with Gasteiger partial charge in [0.05, 0.1) is 16.4 Å². The minimum Gasteiger partial charge on any atom is -0.308 e. The van der Waals surface area contributed by atoms with E-state index >= 15 is 0 Å². The summed E-state index contributed by atoms with van der Waals surface area (Å²) in [4.78, 5) is 0. The Morgan fingerprint density at radius 3 is 2.82 bits per heavy atom. The van der Waals surface area contributed by atoms with Gasteiger partial charge in [-0.25, -0.2) is 0 Å². The fourth-order valence-corrected chi connectivity index (χ4v) is 2.96. The second-order valence-corrected chi connectivity index (χ2v) is 5.70. The van der Waals surface area contributed by atoms with Crippen molar-refractivity contribution in [3.8, 4) is 0 Å². The first-order valence-corrected chi connectivity index (χ1v) is 6.87. The van der Waals surface area contributed by atoms with Gasteiger partial charge < -0.3 is 5.32 Å². The first-order chi connectivity index (χ1) is 8.08. The molecule has 0 radical (unpaired) electrons. The molecule has 0 spiro atoms. The summed E-state index contributed by atoms with van der Waals surface area (Å²) in [5.41, 5.74) is 2.02. The van der Waals surface area contributed by atoms with Crippen LogP contribution in [0.3, 0.4) is 0 Å². The first-order valence-electron chi connectivity index (χ1n) is 6.49. The number of halogens is 1. The van der Waals surface area contributed by atoms with Gasteiger partial charge >= 0.3 is 0 Å². The quantitative estimate of drug-likeness (QED) is 0.900. The molecule has 0 aromatic carbocycles. The van der Waals surface area contributed by atoms with Gasteiger partial charge in [0.25, 0.3) is 0 Å². The highest BCUT2D eigenvalue weighted by Crippen LogP contribution is 2.24. The van der Waals surface area contributed by atoms with Crippen LogP contribution < -0.4 is 5.32 Å². The molecule has 0 aliphatic heterocycles. The van der Waals surface area contributed by atoms with Crippen LogP contribution >= 0.6 is 11.6 Å². The number of aryl methyl sites for hydroxylation is 2. The van der Waals surface area contributed by atoms with Crippen molar-refractivity contribution >= 4 is 11.6 Å². The van der Waals surface area contributed by atoms with Crippen molar-refractivity contribution in [3.63, 3.8) is 0 Å². The minimum absolute atomic E-state index is 0.644. The number of hydrogen-bond acceptors (Lipinski definition) is 2. The van der Waals surface area contributed by atoms with E-state index in [1.807, 2.05) is 18.7 Å². The summed E-state index contributed by atoms with van der Waals surface area (Å²) in [5, 5.41) is 8.76. The molecule has 0 amide bonds. The lowest BCUT2D eigenvalue weighted by molar-refractivity contribution is 0.299. The zero-order valence-corrected chi connectivity index (χ0v) is 11.7. The molecule has 1 N–H and O–H groups in total. The fourth-order valence-electron chi connectivity index (χ4n) is 2.73. The maximum atomic E-state index is 6.24. The molecular weight excluding hydrogens is 234 g/mol. The largest absolute Gasteiger partial charge is 0.308 e.